The number of nitrogens with zero attached hydrogens (tertiary/aromatic N) is 3. The number of hydrogen-bond donors (Lipinski definition) is 2. The van der Waals surface area contributed by atoms with Crippen molar-refractivity contribution >= 4 is 33.1 Å². The number of amides is 1. The molecular formula is C21H14FN5O3S. The standard InChI is InChI=1S/C21H14FN5O3S/c1-11-16-10-17(31-20(16)27(25-11)15-7-5-13(22)6-8-15)19(28)23-14-4-2-3-12(9-14)18-24-21(29)30-26-18/h2-10H,1H3,(H,23,28)(H,24,26,29). The molecule has 5 aromatic rings. The van der Waals surface area contributed by atoms with Gasteiger partial charge in [-0.3, -0.25) is 14.3 Å². The Morgan fingerprint density at radius 3 is 2.74 bits per heavy atom. The number of anilines is 1. The number of aryl methyl sites for hydroxylation is 1. The van der Waals surface area contributed by atoms with E-state index in [2.05, 4.69) is 25.1 Å². The molecule has 2 N–H and O–H groups in total. The van der Waals surface area contributed by atoms with E-state index in [0.717, 1.165) is 15.9 Å². The number of carbonyl (C=O) groups is 1. The highest BCUT2D eigenvalue weighted by molar-refractivity contribution is 7.20. The molecule has 154 valence electrons. The van der Waals surface area contributed by atoms with Gasteiger partial charge in [-0.15, -0.1) is 11.3 Å². The molecule has 10 heteroatoms. The zero-order valence-corrected chi connectivity index (χ0v) is 16.9. The maximum atomic E-state index is 13.3. The molecule has 0 saturated heterocycles. The summed E-state index contributed by atoms with van der Waals surface area (Å²) in [6, 6.07) is 14.7. The number of fused-ring (bicyclic) bond motifs is 1. The summed E-state index contributed by atoms with van der Waals surface area (Å²) in [5.41, 5.74) is 2.62. The number of hydrogen-bond acceptors (Lipinski definition) is 6. The van der Waals surface area contributed by atoms with E-state index in [1.54, 1.807) is 47.1 Å². The quantitative estimate of drug-likeness (QED) is 0.442. The number of aromatic nitrogens is 4. The van der Waals surface area contributed by atoms with Crippen LogP contribution in [0.25, 0.3) is 27.3 Å². The molecule has 0 saturated carbocycles. The van der Waals surface area contributed by atoms with Crippen molar-refractivity contribution in [1.29, 1.82) is 0 Å². The highest BCUT2D eigenvalue weighted by atomic mass is 32.1. The van der Waals surface area contributed by atoms with Crippen LogP contribution in [0.2, 0.25) is 0 Å². The first-order chi connectivity index (χ1) is 15.0. The zero-order chi connectivity index (χ0) is 21.5. The number of H-pyrrole nitrogens is 1. The summed E-state index contributed by atoms with van der Waals surface area (Å²) in [5.74, 6) is -0.984. The van der Waals surface area contributed by atoms with Crippen molar-refractivity contribution in [2.24, 2.45) is 0 Å². The Labute approximate surface area is 177 Å². The molecule has 0 aliphatic carbocycles. The van der Waals surface area contributed by atoms with Crippen LogP contribution in [0.3, 0.4) is 0 Å². The Morgan fingerprint density at radius 2 is 2.00 bits per heavy atom. The molecule has 0 aliphatic heterocycles. The minimum Gasteiger partial charge on any atom is -0.321 e. The minimum absolute atomic E-state index is 0.276. The number of nitrogens with one attached hydrogen (secondary N) is 2. The molecule has 0 spiro atoms. The lowest BCUT2D eigenvalue weighted by molar-refractivity contribution is 0.103. The smallest absolute Gasteiger partial charge is 0.321 e. The van der Waals surface area contributed by atoms with Crippen molar-refractivity contribution in [3.63, 3.8) is 0 Å². The third kappa shape index (κ3) is 3.53. The van der Waals surface area contributed by atoms with Crippen LogP contribution in [0.4, 0.5) is 10.1 Å². The summed E-state index contributed by atoms with van der Waals surface area (Å²) < 4.78 is 19.5. The van der Waals surface area contributed by atoms with Gasteiger partial charge in [0.25, 0.3) is 5.91 Å². The van der Waals surface area contributed by atoms with Crippen molar-refractivity contribution < 1.29 is 13.7 Å². The summed E-state index contributed by atoms with van der Waals surface area (Å²) in [6.45, 7) is 1.86. The van der Waals surface area contributed by atoms with Crippen LogP contribution in [0.1, 0.15) is 15.4 Å². The number of thiophene rings is 1. The van der Waals surface area contributed by atoms with Gasteiger partial charge in [0.1, 0.15) is 10.6 Å². The Morgan fingerprint density at radius 1 is 1.19 bits per heavy atom. The first-order valence-corrected chi connectivity index (χ1v) is 10.0. The molecule has 2 aromatic carbocycles. The van der Waals surface area contributed by atoms with E-state index in [1.165, 1.54) is 23.5 Å². The minimum atomic E-state index is -0.653. The summed E-state index contributed by atoms with van der Waals surface area (Å²) in [6.07, 6.45) is 0. The summed E-state index contributed by atoms with van der Waals surface area (Å²) in [4.78, 5) is 27.8. The largest absolute Gasteiger partial charge is 0.439 e. The van der Waals surface area contributed by atoms with Crippen molar-refractivity contribution in [2.45, 2.75) is 6.92 Å². The highest BCUT2D eigenvalue weighted by Gasteiger charge is 2.18. The second-order valence-corrected chi connectivity index (χ2v) is 7.81. The summed E-state index contributed by atoms with van der Waals surface area (Å²) in [7, 11) is 0. The van der Waals surface area contributed by atoms with Crippen LogP contribution in [-0.4, -0.2) is 25.8 Å². The molecule has 0 fully saturated rings. The van der Waals surface area contributed by atoms with Gasteiger partial charge >= 0.3 is 5.76 Å². The van der Waals surface area contributed by atoms with Crippen molar-refractivity contribution in [2.75, 3.05) is 5.32 Å². The lowest BCUT2D eigenvalue weighted by atomic mass is 10.2. The second kappa shape index (κ2) is 7.33. The Balaban J connectivity index is 1.45. The lowest BCUT2D eigenvalue weighted by Crippen LogP contribution is -2.10. The monoisotopic (exact) mass is 435 g/mol. The van der Waals surface area contributed by atoms with Gasteiger partial charge in [0, 0.05) is 16.6 Å². The Bertz CT molecular complexity index is 1480. The van der Waals surface area contributed by atoms with Crippen molar-refractivity contribution in [3.05, 3.63) is 81.5 Å². The first-order valence-electron chi connectivity index (χ1n) is 9.21. The predicted octanol–water partition coefficient (Wildman–Crippen LogP) is 4.13. The topological polar surface area (TPSA) is 106 Å². The zero-order valence-electron chi connectivity index (χ0n) is 16.0. The van der Waals surface area contributed by atoms with Gasteiger partial charge in [0.2, 0.25) is 0 Å². The third-order valence-electron chi connectivity index (χ3n) is 4.67. The van der Waals surface area contributed by atoms with E-state index in [9.17, 15) is 14.0 Å². The maximum Gasteiger partial charge on any atom is 0.439 e. The Kier molecular flexibility index (Phi) is 4.48. The van der Waals surface area contributed by atoms with Gasteiger partial charge in [-0.05, 0) is 49.4 Å². The molecule has 8 nitrogen and oxygen atoms in total. The van der Waals surface area contributed by atoms with Crippen LogP contribution in [0.5, 0.6) is 0 Å². The van der Waals surface area contributed by atoms with E-state index < -0.39 is 5.76 Å². The molecule has 0 aliphatic rings. The molecule has 0 bridgehead atoms. The summed E-state index contributed by atoms with van der Waals surface area (Å²) >= 11 is 1.29. The normalized spacial score (nSPS) is 11.2. The van der Waals surface area contributed by atoms with Gasteiger partial charge in [-0.2, -0.15) is 5.10 Å². The fourth-order valence-corrected chi connectivity index (χ4v) is 4.29. The predicted molar refractivity (Wildman–Crippen MR) is 114 cm³/mol. The molecule has 0 unspecified atom stereocenters. The average Bonchev–Trinajstić information content (AvgIpc) is 3.46. The van der Waals surface area contributed by atoms with Gasteiger partial charge in [0.05, 0.1) is 16.3 Å². The fourth-order valence-electron chi connectivity index (χ4n) is 3.21. The van der Waals surface area contributed by atoms with Gasteiger partial charge < -0.3 is 5.32 Å². The van der Waals surface area contributed by atoms with E-state index in [1.807, 2.05) is 6.92 Å². The number of carbonyl (C=O) groups excluding carboxylic acids is 1. The number of rotatable bonds is 4. The van der Waals surface area contributed by atoms with E-state index >= 15 is 0 Å². The molecule has 5 rings (SSSR count). The number of halogens is 1. The highest BCUT2D eigenvalue weighted by Crippen LogP contribution is 2.31. The molecule has 1 amide bonds. The van der Waals surface area contributed by atoms with Crippen LogP contribution in [0, 0.1) is 12.7 Å². The Hall–Kier alpha value is -4.05. The second-order valence-electron chi connectivity index (χ2n) is 6.78. The number of benzene rings is 2. The van der Waals surface area contributed by atoms with Gasteiger partial charge in [-0.25, -0.2) is 13.9 Å². The fraction of sp³-hybridized carbons (Fsp3) is 0.0476. The molecule has 0 atom stereocenters. The van der Waals surface area contributed by atoms with E-state index in [4.69, 9.17) is 0 Å². The van der Waals surface area contributed by atoms with Crippen LogP contribution < -0.4 is 11.1 Å². The lowest BCUT2D eigenvalue weighted by Gasteiger charge is -2.05. The molecule has 3 heterocycles. The average molecular weight is 435 g/mol. The van der Waals surface area contributed by atoms with Gasteiger partial charge in [0.15, 0.2) is 5.82 Å². The van der Waals surface area contributed by atoms with E-state index in [-0.39, 0.29) is 17.5 Å². The van der Waals surface area contributed by atoms with Crippen LogP contribution >= 0.6 is 11.3 Å². The number of aromatic amines is 1. The van der Waals surface area contributed by atoms with Crippen LogP contribution in [-0.2, 0) is 0 Å². The molecule has 31 heavy (non-hydrogen) atoms. The summed E-state index contributed by atoms with van der Waals surface area (Å²) in [5, 5.41) is 11.9. The van der Waals surface area contributed by atoms with E-state index in [0.29, 0.717) is 21.8 Å². The van der Waals surface area contributed by atoms with Crippen LogP contribution in [0.15, 0.2) is 63.9 Å². The van der Waals surface area contributed by atoms with Crippen molar-refractivity contribution in [1.82, 2.24) is 19.9 Å². The third-order valence-corrected chi connectivity index (χ3v) is 5.78. The first kappa shape index (κ1) is 18.9. The van der Waals surface area contributed by atoms with Gasteiger partial charge in [-0.1, -0.05) is 17.3 Å². The molecule has 3 aromatic heterocycles. The maximum absolute atomic E-state index is 13.3. The van der Waals surface area contributed by atoms with Crippen molar-refractivity contribution in [3.8, 4) is 17.1 Å². The SMILES string of the molecule is Cc1nn(-c2ccc(F)cc2)c2sc(C(=O)Nc3cccc(-c4noc(=O)[nH]4)c3)cc12. The molecular weight excluding hydrogens is 421 g/mol. The molecule has 0 radical (unpaired) electrons.